The fraction of sp³-hybridized carbons (Fsp3) is 0.588. The van der Waals surface area contributed by atoms with Crippen LogP contribution in [0.2, 0.25) is 0 Å². The SMILES string of the molecule is CC(C)(C)[C@H](N)C(=O)NCC1CCN(c2ccccc2)C1. The van der Waals surface area contributed by atoms with E-state index in [4.69, 9.17) is 5.73 Å². The van der Waals surface area contributed by atoms with Gasteiger partial charge in [0.25, 0.3) is 0 Å². The highest BCUT2D eigenvalue weighted by Crippen LogP contribution is 2.23. The molecule has 4 heteroatoms. The van der Waals surface area contributed by atoms with Crippen molar-refractivity contribution in [2.24, 2.45) is 17.1 Å². The summed E-state index contributed by atoms with van der Waals surface area (Å²) < 4.78 is 0. The second-order valence-electron chi connectivity index (χ2n) is 7.03. The van der Waals surface area contributed by atoms with E-state index in [9.17, 15) is 4.79 Å². The van der Waals surface area contributed by atoms with Gasteiger partial charge in [-0.25, -0.2) is 0 Å². The Bertz CT molecular complexity index is 467. The Morgan fingerprint density at radius 3 is 2.67 bits per heavy atom. The molecule has 2 rings (SSSR count). The van der Waals surface area contributed by atoms with Crippen molar-refractivity contribution >= 4 is 11.6 Å². The van der Waals surface area contributed by atoms with Gasteiger partial charge in [0, 0.05) is 25.3 Å². The molecule has 1 unspecified atom stereocenters. The lowest BCUT2D eigenvalue weighted by atomic mass is 9.87. The summed E-state index contributed by atoms with van der Waals surface area (Å²) in [6.07, 6.45) is 1.11. The smallest absolute Gasteiger partial charge is 0.237 e. The molecule has 1 aliphatic heterocycles. The summed E-state index contributed by atoms with van der Waals surface area (Å²) >= 11 is 0. The van der Waals surface area contributed by atoms with Crippen molar-refractivity contribution in [1.82, 2.24) is 5.32 Å². The molecule has 0 aromatic heterocycles. The quantitative estimate of drug-likeness (QED) is 0.891. The average Bonchev–Trinajstić information content (AvgIpc) is 2.93. The highest BCUT2D eigenvalue weighted by Gasteiger charge is 2.29. The van der Waals surface area contributed by atoms with Crippen LogP contribution in [0, 0.1) is 11.3 Å². The van der Waals surface area contributed by atoms with E-state index >= 15 is 0 Å². The number of hydrogen-bond acceptors (Lipinski definition) is 3. The molecule has 2 atom stereocenters. The lowest BCUT2D eigenvalue weighted by molar-refractivity contribution is -0.124. The van der Waals surface area contributed by atoms with E-state index in [0.29, 0.717) is 12.5 Å². The van der Waals surface area contributed by atoms with Crippen molar-refractivity contribution in [3.8, 4) is 0 Å². The zero-order chi connectivity index (χ0) is 15.5. The molecule has 116 valence electrons. The van der Waals surface area contributed by atoms with E-state index in [-0.39, 0.29) is 11.3 Å². The summed E-state index contributed by atoms with van der Waals surface area (Å²) in [5.41, 5.74) is 7.04. The lowest BCUT2D eigenvalue weighted by Crippen LogP contribution is -2.49. The Balaban J connectivity index is 1.80. The molecule has 21 heavy (non-hydrogen) atoms. The molecular weight excluding hydrogens is 262 g/mol. The van der Waals surface area contributed by atoms with Crippen molar-refractivity contribution in [2.45, 2.75) is 33.2 Å². The summed E-state index contributed by atoms with van der Waals surface area (Å²) in [5, 5.41) is 3.01. The van der Waals surface area contributed by atoms with Crippen LogP contribution in [0.5, 0.6) is 0 Å². The highest BCUT2D eigenvalue weighted by molar-refractivity contribution is 5.82. The molecule has 1 saturated heterocycles. The first-order chi connectivity index (χ1) is 9.88. The number of nitrogens with zero attached hydrogens (tertiary/aromatic N) is 1. The summed E-state index contributed by atoms with van der Waals surface area (Å²) in [5.74, 6) is 0.460. The lowest BCUT2D eigenvalue weighted by Gasteiger charge is -2.26. The normalized spacial score (nSPS) is 20.4. The number of carbonyl (C=O) groups excluding carboxylic acids is 1. The molecule has 0 spiro atoms. The summed E-state index contributed by atoms with van der Waals surface area (Å²) in [6.45, 7) is 8.73. The number of amides is 1. The van der Waals surface area contributed by atoms with Gasteiger partial charge < -0.3 is 16.0 Å². The fourth-order valence-corrected chi connectivity index (χ4v) is 2.62. The van der Waals surface area contributed by atoms with Gasteiger partial charge in [-0.1, -0.05) is 39.0 Å². The van der Waals surface area contributed by atoms with Crippen molar-refractivity contribution in [3.63, 3.8) is 0 Å². The van der Waals surface area contributed by atoms with Crippen LogP contribution in [0.1, 0.15) is 27.2 Å². The minimum absolute atomic E-state index is 0.0411. The molecule has 1 aromatic carbocycles. The molecule has 3 N–H and O–H groups in total. The van der Waals surface area contributed by atoms with Crippen molar-refractivity contribution < 1.29 is 4.79 Å². The molecule has 0 radical (unpaired) electrons. The Morgan fingerprint density at radius 2 is 2.05 bits per heavy atom. The largest absolute Gasteiger partial charge is 0.371 e. The van der Waals surface area contributed by atoms with Crippen molar-refractivity contribution in [1.29, 1.82) is 0 Å². The first kappa shape index (κ1) is 15.8. The Morgan fingerprint density at radius 1 is 1.38 bits per heavy atom. The van der Waals surface area contributed by atoms with Crippen LogP contribution in [-0.4, -0.2) is 31.6 Å². The number of para-hydroxylation sites is 1. The van der Waals surface area contributed by atoms with Crippen LogP contribution in [0.3, 0.4) is 0 Å². The van der Waals surface area contributed by atoms with Gasteiger partial charge in [0.05, 0.1) is 6.04 Å². The van der Waals surface area contributed by atoms with Gasteiger partial charge >= 0.3 is 0 Å². The number of hydrogen-bond donors (Lipinski definition) is 2. The van der Waals surface area contributed by atoms with Crippen LogP contribution in [0.4, 0.5) is 5.69 Å². The maximum atomic E-state index is 12.0. The molecular formula is C17H27N3O. The Labute approximate surface area is 127 Å². The number of nitrogens with one attached hydrogen (secondary N) is 1. The maximum absolute atomic E-state index is 12.0. The minimum Gasteiger partial charge on any atom is -0.371 e. The molecule has 1 heterocycles. The van der Waals surface area contributed by atoms with Crippen LogP contribution < -0.4 is 16.0 Å². The van der Waals surface area contributed by atoms with Gasteiger partial charge in [0.2, 0.25) is 5.91 Å². The zero-order valence-electron chi connectivity index (χ0n) is 13.3. The van der Waals surface area contributed by atoms with Crippen molar-refractivity contribution in [2.75, 3.05) is 24.5 Å². The summed E-state index contributed by atoms with van der Waals surface area (Å²) in [4.78, 5) is 14.4. The van der Waals surface area contributed by atoms with Gasteiger partial charge in [-0.3, -0.25) is 4.79 Å². The van der Waals surface area contributed by atoms with Crippen LogP contribution in [0.15, 0.2) is 30.3 Å². The molecule has 0 aliphatic carbocycles. The van der Waals surface area contributed by atoms with Gasteiger partial charge in [-0.2, -0.15) is 0 Å². The Hall–Kier alpha value is -1.55. The van der Waals surface area contributed by atoms with Gasteiger partial charge in [0.1, 0.15) is 0 Å². The number of nitrogens with two attached hydrogens (primary N) is 1. The third kappa shape index (κ3) is 4.21. The van der Waals surface area contributed by atoms with Gasteiger partial charge in [-0.05, 0) is 29.9 Å². The molecule has 0 saturated carbocycles. The highest BCUT2D eigenvalue weighted by atomic mass is 16.2. The van der Waals surface area contributed by atoms with E-state index in [1.165, 1.54) is 5.69 Å². The van der Waals surface area contributed by atoms with E-state index in [1.807, 2.05) is 26.8 Å². The Kier molecular flexibility index (Phi) is 4.88. The first-order valence-corrected chi connectivity index (χ1v) is 7.71. The van der Waals surface area contributed by atoms with E-state index in [2.05, 4.69) is 34.5 Å². The number of benzene rings is 1. The molecule has 1 aromatic rings. The molecule has 1 amide bonds. The second kappa shape index (κ2) is 6.48. The van der Waals surface area contributed by atoms with Gasteiger partial charge in [0.15, 0.2) is 0 Å². The second-order valence-corrected chi connectivity index (χ2v) is 7.03. The fourth-order valence-electron chi connectivity index (χ4n) is 2.62. The number of carbonyl (C=O) groups is 1. The average molecular weight is 289 g/mol. The summed E-state index contributed by atoms with van der Waals surface area (Å²) in [6, 6.07) is 9.97. The maximum Gasteiger partial charge on any atom is 0.237 e. The van der Waals surface area contributed by atoms with E-state index < -0.39 is 6.04 Å². The van der Waals surface area contributed by atoms with Crippen molar-refractivity contribution in [3.05, 3.63) is 30.3 Å². The molecule has 1 fully saturated rings. The van der Waals surface area contributed by atoms with Crippen LogP contribution in [-0.2, 0) is 4.79 Å². The van der Waals surface area contributed by atoms with Gasteiger partial charge in [-0.15, -0.1) is 0 Å². The molecule has 4 nitrogen and oxygen atoms in total. The number of anilines is 1. The van der Waals surface area contributed by atoms with Crippen LogP contribution >= 0.6 is 0 Å². The van der Waals surface area contributed by atoms with E-state index in [0.717, 1.165) is 19.5 Å². The topological polar surface area (TPSA) is 58.4 Å². The summed E-state index contributed by atoms with van der Waals surface area (Å²) in [7, 11) is 0. The van der Waals surface area contributed by atoms with E-state index in [1.54, 1.807) is 0 Å². The predicted molar refractivity (Wildman–Crippen MR) is 87.2 cm³/mol. The zero-order valence-corrected chi connectivity index (χ0v) is 13.3. The third-order valence-corrected chi connectivity index (χ3v) is 4.19. The minimum atomic E-state index is -0.455. The monoisotopic (exact) mass is 289 g/mol. The standard InChI is InChI=1S/C17H27N3O/c1-17(2,3)15(18)16(21)19-11-13-9-10-20(12-13)14-7-5-4-6-8-14/h4-8,13,15H,9-12,18H2,1-3H3,(H,19,21)/t13?,15-/m1/s1. The third-order valence-electron chi connectivity index (χ3n) is 4.19. The predicted octanol–water partition coefficient (Wildman–Crippen LogP) is 2.00. The molecule has 0 bridgehead atoms. The number of rotatable bonds is 4. The van der Waals surface area contributed by atoms with Crippen LogP contribution in [0.25, 0.3) is 0 Å². The molecule has 1 aliphatic rings. The first-order valence-electron chi connectivity index (χ1n) is 7.71.